The number of likely N-dealkylation sites (N-methyl/N-ethyl adjacent to an activating group) is 1. The number of halogens is 1. The Morgan fingerprint density at radius 1 is 1.00 bits per heavy atom. The van der Waals surface area contributed by atoms with E-state index < -0.39 is 12.1 Å². The minimum atomic E-state index is -0.683. The van der Waals surface area contributed by atoms with Crippen LogP contribution in [-0.4, -0.2) is 48.9 Å². The van der Waals surface area contributed by atoms with Gasteiger partial charge in [-0.3, -0.25) is 9.59 Å². The van der Waals surface area contributed by atoms with Gasteiger partial charge in [-0.15, -0.1) is 0 Å². The van der Waals surface area contributed by atoms with Gasteiger partial charge in [0, 0.05) is 13.6 Å². The number of hydrogen-bond acceptors (Lipinski definition) is 4. The molecule has 0 bridgehead atoms. The van der Waals surface area contributed by atoms with Crippen LogP contribution in [0.3, 0.4) is 0 Å². The van der Waals surface area contributed by atoms with Crippen LogP contribution in [0, 0.1) is 5.82 Å². The van der Waals surface area contributed by atoms with E-state index in [0.29, 0.717) is 45.2 Å². The van der Waals surface area contributed by atoms with E-state index in [2.05, 4.69) is 5.32 Å². The third kappa shape index (κ3) is 8.11. The third-order valence-electron chi connectivity index (χ3n) is 5.33. The Morgan fingerprint density at radius 2 is 1.65 bits per heavy atom. The molecule has 0 aliphatic heterocycles. The van der Waals surface area contributed by atoms with E-state index in [1.54, 1.807) is 19.2 Å². The topological polar surface area (TPSA) is 101 Å². The SMILES string of the molecule is CN(C(=O)[C@@H](N)CCc1ccccc1)[C@@H](CCCN)C(=O)NCCc1ccc(F)cc1. The highest BCUT2D eigenvalue weighted by Crippen LogP contribution is 2.11. The first kappa shape index (κ1) is 24.5. The van der Waals surface area contributed by atoms with Crippen molar-refractivity contribution in [2.24, 2.45) is 11.5 Å². The predicted molar refractivity (Wildman–Crippen MR) is 121 cm³/mol. The summed E-state index contributed by atoms with van der Waals surface area (Å²) in [7, 11) is 1.62. The second-order valence-corrected chi connectivity index (χ2v) is 7.69. The smallest absolute Gasteiger partial charge is 0.242 e. The van der Waals surface area contributed by atoms with Gasteiger partial charge in [0.2, 0.25) is 11.8 Å². The lowest BCUT2D eigenvalue weighted by molar-refractivity contribution is -0.140. The Bertz CT molecular complexity index is 814. The summed E-state index contributed by atoms with van der Waals surface area (Å²) in [5, 5.41) is 2.88. The molecule has 0 aliphatic carbocycles. The van der Waals surface area contributed by atoms with Gasteiger partial charge in [0.1, 0.15) is 11.9 Å². The van der Waals surface area contributed by atoms with Gasteiger partial charge in [0.05, 0.1) is 6.04 Å². The van der Waals surface area contributed by atoms with Gasteiger partial charge in [-0.2, -0.15) is 0 Å². The van der Waals surface area contributed by atoms with Crippen molar-refractivity contribution in [1.82, 2.24) is 10.2 Å². The van der Waals surface area contributed by atoms with Crippen molar-refractivity contribution in [1.29, 1.82) is 0 Å². The lowest BCUT2D eigenvalue weighted by Gasteiger charge is -2.29. The minimum Gasteiger partial charge on any atom is -0.354 e. The number of nitrogens with zero attached hydrogens (tertiary/aromatic N) is 1. The summed E-state index contributed by atoms with van der Waals surface area (Å²) in [6.07, 6.45) is 2.85. The second-order valence-electron chi connectivity index (χ2n) is 7.69. The molecule has 5 N–H and O–H groups in total. The average Bonchev–Trinajstić information content (AvgIpc) is 2.79. The number of hydrogen-bond donors (Lipinski definition) is 3. The molecule has 0 radical (unpaired) electrons. The molecule has 2 atom stereocenters. The molecule has 7 heteroatoms. The largest absolute Gasteiger partial charge is 0.354 e. The normalized spacial score (nSPS) is 12.8. The number of aryl methyl sites for hydroxylation is 1. The highest BCUT2D eigenvalue weighted by molar-refractivity contribution is 5.89. The first-order chi connectivity index (χ1) is 14.9. The summed E-state index contributed by atoms with van der Waals surface area (Å²) in [5.74, 6) is -0.785. The van der Waals surface area contributed by atoms with Gasteiger partial charge in [-0.1, -0.05) is 42.5 Å². The number of carbonyl (C=O) groups is 2. The molecule has 0 saturated heterocycles. The van der Waals surface area contributed by atoms with Crippen LogP contribution < -0.4 is 16.8 Å². The van der Waals surface area contributed by atoms with Gasteiger partial charge in [-0.05, 0) is 61.9 Å². The van der Waals surface area contributed by atoms with Crippen LogP contribution in [-0.2, 0) is 22.4 Å². The number of rotatable bonds is 12. The van der Waals surface area contributed by atoms with E-state index in [4.69, 9.17) is 11.5 Å². The fourth-order valence-corrected chi connectivity index (χ4v) is 3.42. The molecule has 6 nitrogen and oxygen atoms in total. The number of amides is 2. The molecule has 2 aromatic rings. The van der Waals surface area contributed by atoms with Crippen LogP contribution in [0.15, 0.2) is 54.6 Å². The first-order valence-electron chi connectivity index (χ1n) is 10.7. The molecule has 0 fully saturated rings. The van der Waals surface area contributed by atoms with E-state index in [0.717, 1.165) is 11.1 Å². The zero-order valence-corrected chi connectivity index (χ0v) is 18.1. The lowest BCUT2D eigenvalue weighted by Crippen LogP contribution is -2.52. The second kappa shape index (κ2) is 12.8. The minimum absolute atomic E-state index is 0.235. The summed E-state index contributed by atoms with van der Waals surface area (Å²) in [4.78, 5) is 27.1. The fraction of sp³-hybridized carbons (Fsp3) is 0.417. The molecule has 0 spiro atoms. The highest BCUT2D eigenvalue weighted by Gasteiger charge is 2.29. The van der Waals surface area contributed by atoms with E-state index in [9.17, 15) is 14.0 Å². The van der Waals surface area contributed by atoms with Crippen molar-refractivity contribution in [3.05, 3.63) is 71.5 Å². The number of carbonyl (C=O) groups excluding carboxylic acids is 2. The molecule has 2 amide bonds. The third-order valence-corrected chi connectivity index (χ3v) is 5.33. The van der Waals surface area contributed by atoms with E-state index in [1.165, 1.54) is 17.0 Å². The summed E-state index contributed by atoms with van der Waals surface area (Å²) >= 11 is 0. The van der Waals surface area contributed by atoms with Crippen molar-refractivity contribution >= 4 is 11.8 Å². The number of nitrogens with one attached hydrogen (secondary N) is 1. The number of benzene rings is 2. The van der Waals surface area contributed by atoms with Crippen molar-refractivity contribution in [2.45, 2.75) is 44.2 Å². The Hall–Kier alpha value is -2.77. The van der Waals surface area contributed by atoms with Crippen LogP contribution in [0.2, 0.25) is 0 Å². The standard InChI is InChI=1S/C24H33FN4O2/c1-29(24(31)21(27)14-11-18-6-3-2-4-7-18)22(8-5-16-26)23(30)28-17-15-19-9-12-20(25)13-10-19/h2-4,6-7,9-10,12-13,21-22H,5,8,11,14-17,26-27H2,1H3,(H,28,30)/t21-,22-/m0/s1. The van der Waals surface area contributed by atoms with Gasteiger partial charge in [0.25, 0.3) is 0 Å². The van der Waals surface area contributed by atoms with Gasteiger partial charge >= 0.3 is 0 Å². The van der Waals surface area contributed by atoms with Crippen molar-refractivity contribution in [2.75, 3.05) is 20.1 Å². The van der Waals surface area contributed by atoms with E-state index in [1.807, 2.05) is 30.3 Å². The van der Waals surface area contributed by atoms with Gasteiger partial charge in [-0.25, -0.2) is 4.39 Å². The fourth-order valence-electron chi connectivity index (χ4n) is 3.42. The Kier molecular flexibility index (Phi) is 10.1. The lowest BCUT2D eigenvalue weighted by atomic mass is 10.0. The maximum atomic E-state index is 13.0. The van der Waals surface area contributed by atoms with Gasteiger partial charge in [0.15, 0.2) is 0 Å². The average molecular weight is 429 g/mol. The molecule has 0 aliphatic rings. The monoisotopic (exact) mass is 428 g/mol. The first-order valence-corrected chi connectivity index (χ1v) is 10.7. The summed E-state index contributed by atoms with van der Waals surface area (Å²) in [6, 6.07) is 14.7. The van der Waals surface area contributed by atoms with Crippen LogP contribution in [0.25, 0.3) is 0 Å². The Labute approximate surface area is 183 Å². The molecule has 0 aromatic heterocycles. The van der Waals surface area contributed by atoms with Crippen molar-refractivity contribution in [3.8, 4) is 0 Å². The molecule has 0 heterocycles. The molecule has 2 rings (SSSR count). The quantitative estimate of drug-likeness (QED) is 0.481. The highest BCUT2D eigenvalue weighted by atomic mass is 19.1. The zero-order chi connectivity index (χ0) is 22.6. The molecule has 31 heavy (non-hydrogen) atoms. The maximum Gasteiger partial charge on any atom is 0.242 e. The summed E-state index contributed by atoms with van der Waals surface area (Å²) in [5.41, 5.74) is 13.8. The van der Waals surface area contributed by atoms with Crippen LogP contribution in [0.5, 0.6) is 0 Å². The van der Waals surface area contributed by atoms with E-state index >= 15 is 0 Å². The van der Waals surface area contributed by atoms with Crippen molar-refractivity contribution < 1.29 is 14.0 Å². The van der Waals surface area contributed by atoms with Crippen LogP contribution >= 0.6 is 0 Å². The van der Waals surface area contributed by atoms with Crippen LogP contribution in [0.1, 0.15) is 30.4 Å². The van der Waals surface area contributed by atoms with E-state index in [-0.39, 0.29) is 17.6 Å². The molecule has 168 valence electrons. The Morgan fingerprint density at radius 3 is 2.29 bits per heavy atom. The van der Waals surface area contributed by atoms with Crippen LogP contribution in [0.4, 0.5) is 4.39 Å². The summed E-state index contributed by atoms with van der Waals surface area (Å²) in [6.45, 7) is 0.827. The number of nitrogens with two attached hydrogens (primary N) is 2. The maximum absolute atomic E-state index is 13.0. The predicted octanol–water partition coefficient (Wildman–Crippen LogP) is 2.01. The molecular weight excluding hydrogens is 395 g/mol. The van der Waals surface area contributed by atoms with Gasteiger partial charge < -0.3 is 21.7 Å². The molecular formula is C24H33FN4O2. The molecule has 0 saturated carbocycles. The Balaban J connectivity index is 1.90. The molecule has 0 unspecified atom stereocenters. The summed E-state index contributed by atoms with van der Waals surface area (Å²) < 4.78 is 13.0. The molecule has 2 aromatic carbocycles. The van der Waals surface area contributed by atoms with Crippen molar-refractivity contribution in [3.63, 3.8) is 0 Å². The zero-order valence-electron chi connectivity index (χ0n) is 18.1.